The maximum Gasteiger partial charge on any atom is 0.243 e. The minimum absolute atomic E-state index is 0.113. The van der Waals surface area contributed by atoms with Crippen molar-refractivity contribution in [1.29, 1.82) is 5.26 Å². The lowest BCUT2D eigenvalue weighted by Gasteiger charge is -2.30. The number of ether oxygens (including phenoxy) is 1. The second kappa shape index (κ2) is 6.58. The number of methoxy groups -OCH3 is 1. The van der Waals surface area contributed by atoms with Gasteiger partial charge in [-0.3, -0.25) is 9.59 Å². The number of carbonyl (C=O) groups is 2. The summed E-state index contributed by atoms with van der Waals surface area (Å²) < 4.78 is 4.90. The second-order valence-corrected chi connectivity index (χ2v) is 5.33. The standard InChI is InChI=1S/C16H19N3O3/c1-19-13(20)10-16(11-17,15(21)18-8-9-22-2)14(19)12-6-4-3-5-7-12/h3-7,14H,8-10H2,1-2H3,(H,18,21)/t14-,16+/m1/s1. The zero-order valence-electron chi connectivity index (χ0n) is 12.7. The van der Waals surface area contributed by atoms with Gasteiger partial charge in [0, 0.05) is 20.7 Å². The average Bonchev–Trinajstić information content (AvgIpc) is 2.80. The first-order valence-electron chi connectivity index (χ1n) is 7.06. The molecule has 1 N–H and O–H groups in total. The van der Waals surface area contributed by atoms with Crippen LogP contribution in [0.2, 0.25) is 0 Å². The highest BCUT2D eigenvalue weighted by Gasteiger charge is 2.56. The van der Waals surface area contributed by atoms with Gasteiger partial charge in [-0.15, -0.1) is 0 Å². The molecule has 6 heteroatoms. The molecule has 1 aliphatic rings. The van der Waals surface area contributed by atoms with Crippen molar-refractivity contribution in [2.45, 2.75) is 12.5 Å². The number of hydrogen-bond donors (Lipinski definition) is 1. The molecule has 0 saturated carbocycles. The molecule has 1 saturated heterocycles. The van der Waals surface area contributed by atoms with E-state index < -0.39 is 17.4 Å². The van der Waals surface area contributed by atoms with Gasteiger partial charge in [-0.25, -0.2) is 0 Å². The first-order valence-corrected chi connectivity index (χ1v) is 7.06. The number of benzene rings is 1. The summed E-state index contributed by atoms with van der Waals surface area (Å²) >= 11 is 0. The molecule has 2 rings (SSSR count). The normalized spacial score (nSPS) is 24.1. The summed E-state index contributed by atoms with van der Waals surface area (Å²) in [4.78, 5) is 26.2. The summed E-state index contributed by atoms with van der Waals surface area (Å²) in [5.41, 5.74) is -0.639. The lowest BCUT2D eigenvalue weighted by atomic mass is 9.77. The summed E-state index contributed by atoms with van der Waals surface area (Å²) in [6.07, 6.45) is -0.113. The van der Waals surface area contributed by atoms with Crippen LogP contribution in [0.15, 0.2) is 30.3 Å². The molecule has 1 heterocycles. The van der Waals surface area contributed by atoms with Crippen LogP contribution in [0.5, 0.6) is 0 Å². The van der Waals surface area contributed by atoms with Gasteiger partial charge in [0.05, 0.1) is 25.1 Å². The van der Waals surface area contributed by atoms with Crippen molar-refractivity contribution in [3.05, 3.63) is 35.9 Å². The first kappa shape index (κ1) is 16.0. The zero-order valence-corrected chi connectivity index (χ0v) is 12.7. The minimum Gasteiger partial charge on any atom is -0.383 e. The van der Waals surface area contributed by atoms with E-state index in [-0.39, 0.29) is 12.3 Å². The molecule has 0 spiro atoms. The van der Waals surface area contributed by atoms with E-state index in [2.05, 4.69) is 11.4 Å². The third kappa shape index (κ3) is 2.68. The predicted molar refractivity (Wildman–Crippen MR) is 79.5 cm³/mol. The summed E-state index contributed by atoms with van der Waals surface area (Å²) in [5.74, 6) is -0.643. The Morgan fingerprint density at radius 3 is 2.77 bits per heavy atom. The highest BCUT2D eigenvalue weighted by atomic mass is 16.5. The molecule has 1 aliphatic heterocycles. The zero-order chi connectivity index (χ0) is 16.2. The largest absolute Gasteiger partial charge is 0.383 e. The lowest BCUT2D eigenvalue weighted by Crippen LogP contribution is -2.44. The SMILES string of the molecule is COCCNC(=O)[C@]1(C#N)CC(=O)N(C)[C@@H]1c1ccccc1. The van der Waals surface area contributed by atoms with Crippen molar-refractivity contribution in [2.24, 2.45) is 5.41 Å². The quantitative estimate of drug-likeness (QED) is 0.818. The molecule has 22 heavy (non-hydrogen) atoms. The number of likely N-dealkylation sites (tertiary alicyclic amines) is 1. The van der Waals surface area contributed by atoms with Gasteiger partial charge in [0.15, 0.2) is 5.41 Å². The van der Waals surface area contributed by atoms with Crippen molar-refractivity contribution in [2.75, 3.05) is 27.3 Å². The van der Waals surface area contributed by atoms with Crippen molar-refractivity contribution in [1.82, 2.24) is 10.2 Å². The highest BCUT2D eigenvalue weighted by molar-refractivity contribution is 5.95. The number of carbonyl (C=O) groups excluding carboxylic acids is 2. The van der Waals surface area contributed by atoms with Gasteiger partial charge in [0.2, 0.25) is 11.8 Å². The number of rotatable bonds is 5. The predicted octanol–water partition coefficient (Wildman–Crippen LogP) is 0.862. The van der Waals surface area contributed by atoms with Gasteiger partial charge >= 0.3 is 0 Å². The van der Waals surface area contributed by atoms with Gasteiger partial charge in [0.1, 0.15) is 0 Å². The van der Waals surface area contributed by atoms with Gasteiger partial charge in [-0.05, 0) is 5.56 Å². The molecule has 1 aromatic carbocycles. The van der Waals surface area contributed by atoms with E-state index in [1.807, 2.05) is 30.3 Å². The smallest absolute Gasteiger partial charge is 0.243 e. The third-order valence-electron chi connectivity index (χ3n) is 3.99. The molecule has 1 aromatic rings. The molecule has 0 aliphatic carbocycles. The van der Waals surface area contributed by atoms with E-state index in [0.29, 0.717) is 13.2 Å². The fraction of sp³-hybridized carbons (Fsp3) is 0.438. The molecule has 0 aromatic heterocycles. The van der Waals surface area contributed by atoms with Crippen molar-refractivity contribution < 1.29 is 14.3 Å². The monoisotopic (exact) mass is 301 g/mol. The maximum atomic E-state index is 12.6. The van der Waals surface area contributed by atoms with E-state index in [9.17, 15) is 14.9 Å². The summed E-state index contributed by atoms with van der Waals surface area (Å²) in [7, 11) is 3.16. The fourth-order valence-corrected chi connectivity index (χ4v) is 2.86. The topological polar surface area (TPSA) is 82.4 Å². The Bertz CT molecular complexity index is 596. The molecule has 0 unspecified atom stereocenters. The maximum absolute atomic E-state index is 12.6. The highest BCUT2D eigenvalue weighted by Crippen LogP contribution is 2.46. The van der Waals surface area contributed by atoms with Crippen LogP contribution < -0.4 is 5.32 Å². The van der Waals surface area contributed by atoms with Crippen molar-refractivity contribution >= 4 is 11.8 Å². The van der Waals surface area contributed by atoms with E-state index in [4.69, 9.17) is 4.74 Å². The Balaban J connectivity index is 2.37. The van der Waals surface area contributed by atoms with Crippen LogP contribution >= 0.6 is 0 Å². The Labute approximate surface area is 129 Å². The van der Waals surface area contributed by atoms with E-state index >= 15 is 0 Å². The van der Waals surface area contributed by atoms with Crippen LogP contribution in [0.25, 0.3) is 0 Å². The number of nitrogens with zero attached hydrogens (tertiary/aromatic N) is 2. The summed E-state index contributed by atoms with van der Waals surface area (Å²) in [6.45, 7) is 0.658. The fourth-order valence-electron chi connectivity index (χ4n) is 2.86. The van der Waals surface area contributed by atoms with Gasteiger partial charge in [-0.1, -0.05) is 30.3 Å². The van der Waals surface area contributed by atoms with Gasteiger partial charge in [0.25, 0.3) is 0 Å². The van der Waals surface area contributed by atoms with Crippen LogP contribution in [-0.2, 0) is 14.3 Å². The minimum atomic E-state index is -1.42. The number of hydrogen-bond acceptors (Lipinski definition) is 4. The molecule has 116 valence electrons. The summed E-state index contributed by atoms with van der Waals surface area (Å²) in [5, 5.41) is 12.4. The average molecular weight is 301 g/mol. The van der Waals surface area contributed by atoms with Gasteiger partial charge < -0.3 is 15.0 Å². The van der Waals surface area contributed by atoms with Crippen LogP contribution in [0.1, 0.15) is 18.0 Å². The molecular formula is C16H19N3O3. The molecule has 0 bridgehead atoms. The van der Waals surface area contributed by atoms with Crippen molar-refractivity contribution in [3.8, 4) is 6.07 Å². The first-order chi connectivity index (χ1) is 10.6. The van der Waals surface area contributed by atoms with Crippen LogP contribution in [-0.4, -0.2) is 44.0 Å². The second-order valence-electron chi connectivity index (χ2n) is 5.33. The molecule has 2 atom stereocenters. The molecular weight excluding hydrogens is 282 g/mol. The molecule has 1 fully saturated rings. The van der Waals surface area contributed by atoms with Crippen molar-refractivity contribution in [3.63, 3.8) is 0 Å². The number of nitrogens with one attached hydrogen (secondary N) is 1. The molecule has 2 amide bonds. The van der Waals surface area contributed by atoms with E-state index in [1.165, 1.54) is 12.0 Å². The van der Waals surface area contributed by atoms with Crippen LogP contribution in [0.4, 0.5) is 0 Å². The Kier molecular flexibility index (Phi) is 4.78. The Hall–Kier alpha value is -2.39. The molecule has 0 radical (unpaired) electrons. The van der Waals surface area contributed by atoms with Crippen LogP contribution in [0.3, 0.4) is 0 Å². The number of nitriles is 1. The Morgan fingerprint density at radius 2 is 2.18 bits per heavy atom. The summed E-state index contributed by atoms with van der Waals surface area (Å²) in [6, 6.07) is 10.7. The van der Waals surface area contributed by atoms with Gasteiger partial charge in [-0.2, -0.15) is 5.26 Å². The van der Waals surface area contributed by atoms with E-state index in [1.54, 1.807) is 7.05 Å². The lowest BCUT2D eigenvalue weighted by molar-refractivity contribution is -0.130. The third-order valence-corrected chi connectivity index (χ3v) is 3.99. The van der Waals surface area contributed by atoms with E-state index in [0.717, 1.165) is 5.56 Å². The Morgan fingerprint density at radius 1 is 1.50 bits per heavy atom. The number of amides is 2. The van der Waals surface area contributed by atoms with Crippen LogP contribution in [0, 0.1) is 16.7 Å². The molecule has 6 nitrogen and oxygen atoms in total.